The van der Waals surface area contributed by atoms with Gasteiger partial charge in [-0.05, 0) is 131 Å². The molecule has 0 aliphatic heterocycles. The van der Waals surface area contributed by atoms with E-state index >= 15 is 0 Å². The summed E-state index contributed by atoms with van der Waals surface area (Å²) >= 11 is 31.1. The van der Waals surface area contributed by atoms with Crippen molar-refractivity contribution in [1.82, 2.24) is 10.6 Å². The number of hydrogen-bond donors (Lipinski definition) is 4. The van der Waals surface area contributed by atoms with Crippen LogP contribution in [0.25, 0.3) is 0 Å². The first-order valence-corrected chi connectivity index (χ1v) is 31.0. The first kappa shape index (κ1) is 76.6. The standard InChI is InChI=1S/2C15H16ClNO2S.C10H11ClO2.C9H10ClNO2.C7H10S.C6H9NS.2CH4/c2*1-19-15(18)14(12-6-2-3-7-13(12)16)17-9-8-11-5-4-10-20-11;1-7(10(12)13-2)8-5-3-4-6-9(8)11;1-13-9(12)8(11)6-4-2-3-5-7(6)10;1-2-4-7-5-3-6-8-7;7-4-3-6-2-1-5-8-6;;/h2*2-7,10,14,17H,8-9H2,1H3;3-7H,1-2H3;2-5,8H,11H2,1H3;3,5-6H,2,4H2,1H3;1-2,5H,3-4,7H2;2*1H4. The maximum absolute atomic E-state index is 11.9. The minimum atomic E-state index is -0.807. The zero-order valence-electron chi connectivity index (χ0n) is 46.7. The third kappa shape index (κ3) is 28.2. The molecule has 0 aliphatic rings. The molecular formula is C64H80Cl4N4O8S4. The van der Waals surface area contributed by atoms with Crippen molar-refractivity contribution in [2.75, 3.05) is 48.1 Å². The van der Waals surface area contributed by atoms with Crippen LogP contribution in [-0.4, -0.2) is 72.0 Å². The lowest BCUT2D eigenvalue weighted by molar-refractivity contribution is -0.144. The summed E-state index contributed by atoms with van der Waals surface area (Å²) in [4.78, 5) is 51.5. The second-order valence-electron chi connectivity index (χ2n) is 17.3. The third-order valence-electron chi connectivity index (χ3n) is 11.6. The third-order valence-corrected chi connectivity index (χ3v) is 16.7. The Morgan fingerprint density at radius 3 is 1.05 bits per heavy atom. The number of rotatable bonds is 20. The van der Waals surface area contributed by atoms with E-state index in [2.05, 4.69) is 74.2 Å². The molecule has 8 aromatic rings. The van der Waals surface area contributed by atoms with E-state index in [-0.39, 0.29) is 38.7 Å². The highest BCUT2D eigenvalue weighted by Gasteiger charge is 2.24. The number of esters is 4. The molecule has 8 rings (SSSR count). The van der Waals surface area contributed by atoms with Gasteiger partial charge >= 0.3 is 23.9 Å². The van der Waals surface area contributed by atoms with Gasteiger partial charge in [0.15, 0.2) is 0 Å². The molecule has 0 saturated carbocycles. The molecule has 0 saturated heterocycles. The fraction of sp³-hybridized carbons (Fsp3) is 0.312. The number of methoxy groups -OCH3 is 4. The highest BCUT2D eigenvalue weighted by molar-refractivity contribution is 7.10. The number of halogens is 4. The summed E-state index contributed by atoms with van der Waals surface area (Å²) in [6.07, 6.45) is 5.28. The van der Waals surface area contributed by atoms with Gasteiger partial charge in [0.05, 0.1) is 34.4 Å². The Labute approximate surface area is 533 Å². The second-order valence-corrected chi connectivity index (χ2v) is 23.0. The molecule has 4 aromatic carbocycles. The van der Waals surface area contributed by atoms with Gasteiger partial charge in [0.1, 0.15) is 18.1 Å². The highest BCUT2D eigenvalue weighted by atomic mass is 35.5. The van der Waals surface area contributed by atoms with Crippen molar-refractivity contribution in [1.29, 1.82) is 0 Å². The summed E-state index contributed by atoms with van der Waals surface area (Å²) in [6.45, 7) is 6.12. The maximum Gasteiger partial charge on any atom is 0.327 e. The number of aryl methyl sites for hydroxylation is 1. The number of carbonyl (C=O) groups excluding carboxylic acids is 4. The number of nitrogens with two attached hydrogens (primary N) is 2. The van der Waals surface area contributed by atoms with E-state index in [0.29, 0.717) is 38.7 Å². The van der Waals surface area contributed by atoms with E-state index in [1.165, 1.54) is 60.8 Å². The van der Waals surface area contributed by atoms with Crippen molar-refractivity contribution in [3.63, 3.8) is 0 Å². The average Bonchev–Trinajstić information content (AvgIpc) is 4.39. The quantitative estimate of drug-likeness (QED) is 0.0419. The largest absolute Gasteiger partial charge is 0.469 e. The predicted octanol–water partition coefficient (Wildman–Crippen LogP) is 16.2. The normalized spacial score (nSPS) is 11.4. The van der Waals surface area contributed by atoms with Crippen molar-refractivity contribution < 1.29 is 38.1 Å². The number of benzene rings is 4. The monoisotopic (exact) mass is 1300 g/mol. The summed E-state index contributed by atoms with van der Waals surface area (Å²) in [6, 6.07) is 43.6. The Kier molecular flexibility index (Phi) is 41.0. The maximum atomic E-state index is 11.9. The molecule has 456 valence electrons. The van der Waals surface area contributed by atoms with Crippen LogP contribution in [0.4, 0.5) is 0 Å². The van der Waals surface area contributed by atoms with Gasteiger partial charge in [0.25, 0.3) is 0 Å². The molecule has 0 spiro atoms. The number of ether oxygens (including phenoxy) is 4. The summed E-state index contributed by atoms with van der Waals surface area (Å²) < 4.78 is 18.8. The van der Waals surface area contributed by atoms with Gasteiger partial charge < -0.3 is 41.0 Å². The molecule has 12 nitrogen and oxygen atoms in total. The van der Waals surface area contributed by atoms with Gasteiger partial charge in [-0.25, -0.2) is 9.59 Å². The second kappa shape index (κ2) is 45.0. The first-order valence-electron chi connectivity index (χ1n) is 25.9. The molecular weight excluding hydrogens is 1220 g/mol. The van der Waals surface area contributed by atoms with Crippen LogP contribution >= 0.6 is 91.8 Å². The molecule has 6 N–H and O–H groups in total. The molecule has 4 heterocycles. The number of carbonyl (C=O) groups is 4. The van der Waals surface area contributed by atoms with Crippen molar-refractivity contribution in [3.8, 4) is 0 Å². The molecule has 20 heteroatoms. The van der Waals surface area contributed by atoms with E-state index in [9.17, 15) is 19.2 Å². The number of hydrogen-bond acceptors (Lipinski definition) is 16. The summed E-state index contributed by atoms with van der Waals surface area (Å²) in [5.41, 5.74) is 13.8. The SMILES string of the molecule is C.C.CCCc1cccs1.COC(=O)C(C)c1ccccc1Cl.COC(=O)C(N)c1ccccc1Cl.COC(=O)C(NCCc1cccs1)c1ccccc1Cl.COC(=O)C(NCCc1cccs1)c1ccccc1Cl.NCCc1cccs1. The van der Waals surface area contributed by atoms with Crippen LogP contribution in [0.15, 0.2) is 167 Å². The molecule has 0 bridgehead atoms. The summed E-state index contributed by atoms with van der Waals surface area (Å²) in [7, 11) is 5.43. The van der Waals surface area contributed by atoms with Gasteiger partial charge in [0.2, 0.25) is 0 Å². The number of nitrogens with one attached hydrogen (secondary N) is 2. The van der Waals surface area contributed by atoms with Crippen LogP contribution in [0.1, 0.15) is 101 Å². The fourth-order valence-electron chi connectivity index (χ4n) is 7.29. The summed E-state index contributed by atoms with van der Waals surface area (Å²) in [5, 5.41) is 16.9. The van der Waals surface area contributed by atoms with Gasteiger partial charge in [-0.1, -0.05) is 172 Å². The van der Waals surface area contributed by atoms with Gasteiger partial charge in [-0.15, -0.1) is 45.3 Å². The van der Waals surface area contributed by atoms with Crippen molar-refractivity contribution in [3.05, 3.63) is 229 Å². The zero-order valence-corrected chi connectivity index (χ0v) is 53.0. The van der Waals surface area contributed by atoms with Crippen molar-refractivity contribution >= 4 is 116 Å². The topological polar surface area (TPSA) is 181 Å². The molecule has 0 fully saturated rings. The van der Waals surface area contributed by atoms with Gasteiger partial charge in [-0.3, -0.25) is 9.59 Å². The van der Waals surface area contributed by atoms with Crippen LogP contribution in [0.5, 0.6) is 0 Å². The zero-order chi connectivity index (χ0) is 60.1. The molecule has 4 atom stereocenters. The van der Waals surface area contributed by atoms with Crippen molar-refractivity contribution in [2.24, 2.45) is 11.5 Å². The van der Waals surface area contributed by atoms with Crippen LogP contribution in [0.3, 0.4) is 0 Å². The number of thiophene rings is 4. The predicted molar refractivity (Wildman–Crippen MR) is 356 cm³/mol. The molecule has 0 radical (unpaired) electrons. The Bertz CT molecular complexity index is 2800. The van der Waals surface area contributed by atoms with Gasteiger partial charge in [0, 0.05) is 52.7 Å². The molecule has 0 amide bonds. The Balaban J connectivity index is 0.000000518. The average molecular weight is 1300 g/mol. The summed E-state index contributed by atoms with van der Waals surface area (Å²) in [5.74, 6) is -1.73. The molecule has 4 unspecified atom stereocenters. The van der Waals surface area contributed by atoms with Crippen LogP contribution in [0, 0.1) is 0 Å². The fourth-order valence-corrected chi connectivity index (χ4v) is 11.3. The van der Waals surface area contributed by atoms with Crippen LogP contribution in [0.2, 0.25) is 20.1 Å². The Morgan fingerprint density at radius 2 is 0.750 bits per heavy atom. The molecule has 84 heavy (non-hydrogen) atoms. The van der Waals surface area contributed by atoms with Gasteiger partial charge in [-0.2, -0.15) is 0 Å². The van der Waals surface area contributed by atoms with Crippen molar-refractivity contribution in [2.45, 2.75) is 84.8 Å². The van der Waals surface area contributed by atoms with E-state index in [0.717, 1.165) is 42.5 Å². The van der Waals surface area contributed by atoms with Crippen LogP contribution in [-0.2, 0) is 63.8 Å². The lowest BCUT2D eigenvalue weighted by Gasteiger charge is -2.17. The molecule has 4 aromatic heterocycles. The van der Waals surface area contributed by atoms with Crippen LogP contribution < -0.4 is 22.1 Å². The van der Waals surface area contributed by atoms with E-state index < -0.39 is 24.1 Å². The lowest BCUT2D eigenvalue weighted by Crippen LogP contribution is -2.31. The lowest BCUT2D eigenvalue weighted by atomic mass is 10.0. The minimum Gasteiger partial charge on any atom is -0.469 e. The Morgan fingerprint density at radius 1 is 0.440 bits per heavy atom. The smallest absolute Gasteiger partial charge is 0.327 e. The van der Waals surface area contributed by atoms with E-state index in [4.69, 9.17) is 67.3 Å². The highest BCUT2D eigenvalue weighted by Crippen LogP contribution is 2.27. The van der Waals surface area contributed by atoms with E-state index in [1.54, 1.807) is 83.4 Å². The first-order chi connectivity index (χ1) is 39.6. The molecule has 0 aliphatic carbocycles. The minimum absolute atomic E-state index is 0. The van der Waals surface area contributed by atoms with E-state index in [1.807, 2.05) is 88.8 Å². The Hall–Kier alpha value is -5.44.